The normalized spacial score (nSPS) is 11.0. The van der Waals surface area contributed by atoms with Crippen LogP contribution >= 0.6 is 0 Å². The summed E-state index contributed by atoms with van der Waals surface area (Å²) in [7, 11) is 2.18. The summed E-state index contributed by atoms with van der Waals surface area (Å²) in [5.41, 5.74) is 11.9. The average Bonchev–Trinajstić information content (AvgIpc) is 2.60. The summed E-state index contributed by atoms with van der Waals surface area (Å²) < 4.78 is 0. The standard InChI is InChI=1S/C14H16BN.C4H11NO3/c1-9-7-10(2)14(15)11(3)13(9)12-5-4-6-16-8-12;5-4(1-6,2-7)3-8/h4-8H,15H2,1-3H3;6-8H,1-3,5H2. The van der Waals surface area contributed by atoms with E-state index in [0.29, 0.717) is 0 Å². The number of nitrogens with zero attached hydrogens (tertiary/aromatic N) is 1. The van der Waals surface area contributed by atoms with Crippen LogP contribution in [0.4, 0.5) is 0 Å². The van der Waals surface area contributed by atoms with Crippen molar-refractivity contribution >= 4 is 13.3 Å². The smallest absolute Gasteiger partial charge is 0.140 e. The summed E-state index contributed by atoms with van der Waals surface area (Å²) in [6.07, 6.45) is 3.75. The molecule has 5 nitrogen and oxygen atoms in total. The Kier molecular flexibility index (Phi) is 7.57. The molecule has 0 amide bonds. The fourth-order valence-electron chi connectivity index (χ4n) is 2.39. The molecule has 0 aliphatic rings. The Morgan fingerprint density at radius 3 is 2.08 bits per heavy atom. The fourth-order valence-corrected chi connectivity index (χ4v) is 2.39. The highest BCUT2D eigenvalue weighted by Crippen LogP contribution is 2.25. The van der Waals surface area contributed by atoms with Gasteiger partial charge in [0.2, 0.25) is 0 Å². The van der Waals surface area contributed by atoms with Gasteiger partial charge < -0.3 is 21.1 Å². The summed E-state index contributed by atoms with van der Waals surface area (Å²) in [6.45, 7) is 5.32. The molecule has 0 fully saturated rings. The van der Waals surface area contributed by atoms with Crippen LogP contribution in [0.15, 0.2) is 30.6 Å². The molecule has 0 aliphatic heterocycles. The van der Waals surface area contributed by atoms with Gasteiger partial charge in [-0.1, -0.05) is 23.2 Å². The predicted octanol–water partition coefficient (Wildman–Crippen LogP) is -0.407. The third kappa shape index (κ3) is 4.88. The first-order valence-corrected chi connectivity index (χ1v) is 7.89. The van der Waals surface area contributed by atoms with Crippen molar-refractivity contribution in [3.05, 3.63) is 47.3 Å². The summed E-state index contributed by atoms with van der Waals surface area (Å²) >= 11 is 0. The Bertz CT molecular complexity index is 651. The molecular weight excluding hydrogens is 303 g/mol. The van der Waals surface area contributed by atoms with Crippen LogP contribution in [0.3, 0.4) is 0 Å². The van der Waals surface area contributed by atoms with Gasteiger partial charge in [0, 0.05) is 18.0 Å². The zero-order valence-electron chi connectivity index (χ0n) is 14.9. The number of aryl methyl sites for hydroxylation is 2. The van der Waals surface area contributed by atoms with Crippen LogP contribution < -0.4 is 11.2 Å². The van der Waals surface area contributed by atoms with Crippen LogP contribution in [-0.4, -0.2) is 53.5 Å². The molecule has 0 spiro atoms. The maximum absolute atomic E-state index is 8.34. The number of hydrogen-bond acceptors (Lipinski definition) is 5. The minimum absolute atomic E-state index is 0.403. The van der Waals surface area contributed by atoms with Crippen LogP contribution in [0.25, 0.3) is 11.1 Å². The molecule has 0 saturated heterocycles. The van der Waals surface area contributed by atoms with E-state index in [4.69, 9.17) is 21.1 Å². The second-order valence-electron chi connectivity index (χ2n) is 6.21. The monoisotopic (exact) mass is 330 g/mol. The van der Waals surface area contributed by atoms with E-state index in [0.717, 1.165) is 0 Å². The molecule has 2 aromatic rings. The van der Waals surface area contributed by atoms with Crippen molar-refractivity contribution in [1.82, 2.24) is 4.98 Å². The Morgan fingerprint density at radius 1 is 1.08 bits per heavy atom. The van der Waals surface area contributed by atoms with Gasteiger partial charge in [0.1, 0.15) is 7.85 Å². The highest BCUT2D eigenvalue weighted by atomic mass is 16.3. The number of pyridine rings is 1. The Hall–Kier alpha value is -1.73. The molecule has 0 atom stereocenters. The number of aliphatic hydroxyl groups excluding tert-OH is 3. The van der Waals surface area contributed by atoms with E-state index in [1.807, 2.05) is 18.5 Å². The van der Waals surface area contributed by atoms with Crippen molar-refractivity contribution in [2.24, 2.45) is 5.73 Å². The number of rotatable bonds is 4. The van der Waals surface area contributed by atoms with Gasteiger partial charge in [-0.2, -0.15) is 0 Å². The molecule has 2 rings (SSSR count). The number of hydrogen-bond donors (Lipinski definition) is 4. The molecule has 24 heavy (non-hydrogen) atoms. The Labute approximate surface area is 144 Å². The van der Waals surface area contributed by atoms with E-state index in [-0.39, 0.29) is 0 Å². The van der Waals surface area contributed by atoms with Crippen molar-refractivity contribution < 1.29 is 15.3 Å². The first-order chi connectivity index (χ1) is 11.3. The number of benzene rings is 1. The largest absolute Gasteiger partial charge is 0.394 e. The second-order valence-corrected chi connectivity index (χ2v) is 6.21. The first kappa shape index (κ1) is 20.3. The maximum Gasteiger partial charge on any atom is 0.140 e. The summed E-state index contributed by atoms with van der Waals surface area (Å²) in [4.78, 5) is 4.20. The van der Waals surface area contributed by atoms with Crippen LogP contribution in [0, 0.1) is 20.8 Å². The van der Waals surface area contributed by atoms with Gasteiger partial charge in [-0.25, -0.2) is 0 Å². The lowest BCUT2D eigenvalue weighted by atomic mass is 9.81. The molecule has 0 unspecified atom stereocenters. The van der Waals surface area contributed by atoms with Crippen LogP contribution in [0.5, 0.6) is 0 Å². The summed E-state index contributed by atoms with van der Waals surface area (Å²) in [6, 6.07) is 6.37. The van der Waals surface area contributed by atoms with E-state index in [1.165, 1.54) is 33.3 Å². The molecule has 1 aromatic heterocycles. The number of aliphatic hydroxyl groups is 3. The van der Waals surface area contributed by atoms with Crippen LogP contribution in [0.1, 0.15) is 16.7 Å². The lowest BCUT2D eigenvalue weighted by molar-refractivity contribution is 0.0698. The van der Waals surface area contributed by atoms with Gasteiger partial charge in [0.05, 0.1) is 25.4 Å². The van der Waals surface area contributed by atoms with Gasteiger partial charge in [-0.3, -0.25) is 4.98 Å². The molecule has 0 aliphatic carbocycles. The van der Waals surface area contributed by atoms with Gasteiger partial charge >= 0.3 is 0 Å². The zero-order chi connectivity index (χ0) is 18.3. The molecule has 1 heterocycles. The molecular formula is C18H27BN2O3. The number of nitrogens with two attached hydrogens (primary N) is 1. The van der Waals surface area contributed by atoms with E-state index < -0.39 is 25.4 Å². The van der Waals surface area contributed by atoms with Crippen molar-refractivity contribution in [2.75, 3.05) is 19.8 Å². The first-order valence-electron chi connectivity index (χ1n) is 7.89. The predicted molar refractivity (Wildman–Crippen MR) is 100 cm³/mol. The minimum atomic E-state index is -1.21. The SMILES string of the molecule is Bc1c(C)cc(C)c(-c2cccnc2)c1C.NC(CO)(CO)CO. The average molecular weight is 330 g/mol. The third-order valence-corrected chi connectivity index (χ3v) is 4.25. The Morgan fingerprint density at radius 2 is 1.67 bits per heavy atom. The van der Waals surface area contributed by atoms with Crippen molar-refractivity contribution in [3.8, 4) is 11.1 Å². The van der Waals surface area contributed by atoms with Gasteiger partial charge in [-0.15, -0.1) is 0 Å². The molecule has 0 radical (unpaired) electrons. The summed E-state index contributed by atoms with van der Waals surface area (Å²) in [5, 5.41) is 25.0. The van der Waals surface area contributed by atoms with E-state index in [2.05, 4.69) is 45.7 Å². The zero-order valence-corrected chi connectivity index (χ0v) is 14.9. The Balaban J connectivity index is 0.000000307. The van der Waals surface area contributed by atoms with E-state index in [1.54, 1.807) is 0 Å². The van der Waals surface area contributed by atoms with Gasteiger partial charge in [-0.05, 0) is 43.5 Å². The maximum atomic E-state index is 8.34. The molecule has 5 N–H and O–H groups in total. The highest BCUT2D eigenvalue weighted by molar-refractivity contribution is 6.34. The van der Waals surface area contributed by atoms with Crippen molar-refractivity contribution in [1.29, 1.82) is 0 Å². The molecule has 6 heteroatoms. The van der Waals surface area contributed by atoms with E-state index >= 15 is 0 Å². The molecule has 0 bridgehead atoms. The van der Waals surface area contributed by atoms with Gasteiger partial charge in [0.15, 0.2) is 0 Å². The molecule has 0 saturated carbocycles. The van der Waals surface area contributed by atoms with Crippen LogP contribution in [0.2, 0.25) is 0 Å². The van der Waals surface area contributed by atoms with Crippen molar-refractivity contribution in [3.63, 3.8) is 0 Å². The lowest BCUT2D eigenvalue weighted by Gasteiger charge is -2.20. The van der Waals surface area contributed by atoms with E-state index in [9.17, 15) is 0 Å². The minimum Gasteiger partial charge on any atom is -0.394 e. The second kappa shape index (κ2) is 8.94. The molecule has 1 aromatic carbocycles. The highest BCUT2D eigenvalue weighted by Gasteiger charge is 2.20. The van der Waals surface area contributed by atoms with Crippen LogP contribution in [-0.2, 0) is 0 Å². The third-order valence-electron chi connectivity index (χ3n) is 4.25. The lowest BCUT2D eigenvalue weighted by Crippen LogP contribution is -2.50. The van der Waals surface area contributed by atoms with Crippen molar-refractivity contribution in [2.45, 2.75) is 26.3 Å². The number of aromatic nitrogens is 1. The molecule has 130 valence electrons. The van der Waals surface area contributed by atoms with Gasteiger partial charge in [0.25, 0.3) is 0 Å². The quantitative estimate of drug-likeness (QED) is 0.572. The summed E-state index contributed by atoms with van der Waals surface area (Å²) in [5.74, 6) is 0. The topological polar surface area (TPSA) is 99.6 Å². The fraction of sp³-hybridized carbons (Fsp3) is 0.389.